The van der Waals surface area contributed by atoms with Crippen molar-refractivity contribution < 1.29 is 29.3 Å². The predicted molar refractivity (Wildman–Crippen MR) is 96.8 cm³/mol. The predicted octanol–water partition coefficient (Wildman–Crippen LogP) is 1.57. The lowest BCUT2D eigenvalue weighted by molar-refractivity contribution is -0.150. The van der Waals surface area contributed by atoms with Crippen LogP contribution in [-0.2, 0) is 20.9 Å². The molecule has 1 fully saturated rings. The lowest BCUT2D eigenvalue weighted by Gasteiger charge is -2.38. The van der Waals surface area contributed by atoms with E-state index in [0.29, 0.717) is 12.8 Å². The number of carboxylic acids is 1. The molecule has 2 rings (SSSR count). The first-order valence-corrected chi connectivity index (χ1v) is 8.97. The topological polar surface area (TPSA) is 125 Å². The average molecular weight is 378 g/mol. The standard InChI is InChI=1S/C19H26N2O6/c1-18(13-22,16(24)25)20-15(23)19(10-6-3-7-11-19)21-17(26)27-12-14-8-4-2-5-9-14/h2,4-5,8-9,22H,3,6-7,10-13H2,1H3,(H,20,23)(H,21,26)(H,24,25). The minimum Gasteiger partial charge on any atom is -0.479 e. The number of aliphatic carboxylic acids is 1. The van der Waals surface area contributed by atoms with Crippen LogP contribution in [0.3, 0.4) is 0 Å². The Labute approximate surface area is 157 Å². The highest BCUT2D eigenvalue weighted by Crippen LogP contribution is 2.29. The van der Waals surface area contributed by atoms with Gasteiger partial charge in [-0.2, -0.15) is 0 Å². The van der Waals surface area contributed by atoms with E-state index < -0.39 is 35.7 Å². The molecule has 148 valence electrons. The Bertz CT molecular complexity index is 672. The number of hydrogen-bond donors (Lipinski definition) is 4. The zero-order valence-electron chi connectivity index (χ0n) is 15.4. The fourth-order valence-electron chi connectivity index (χ4n) is 3.05. The van der Waals surface area contributed by atoms with Gasteiger partial charge in [0.15, 0.2) is 5.54 Å². The molecule has 8 nitrogen and oxygen atoms in total. The number of amides is 2. The molecule has 27 heavy (non-hydrogen) atoms. The second-order valence-electron chi connectivity index (χ2n) is 7.08. The molecule has 0 saturated heterocycles. The van der Waals surface area contributed by atoms with Gasteiger partial charge in [0.25, 0.3) is 0 Å². The lowest BCUT2D eigenvalue weighted by atomic mass is 9.80. The van der Waals surface area contributed by atoms with Crippen molar-refractivity contribution in [2.75, 3.05) is 6.61 Å². The third kappa shape index (κ3) is 5.19. The van der Waals surface area contributed by atoms with Crippen LogP contribution in [0.4, 0.5) is 4.79 Å². The normalized spacial score (nSPS) is 18.0. The first-order chi connectivity index (χ1) is 12.8. The molecule has 4 N–H and O–H groups in total. The van der Waals surface area contributed by atoms with Crippen LogP contribution in [0.5, 0.6) is 0 Å². The van der Waals surface area contributed by atoms with Gasteiger partial charge in [0.2, 0.25) is 5.91 Å². The monoisotopic (exact) mass is 378 g/mol. The SMILES string of the molecule is CC(CO)(NC(=O)C1(NC(=O)OCc2ccccc2)CCCCC1)C(=O)O. The summed E-state index contributed by atoms with van der Waals surface area (Å²) in [5.74, 6) is -1.98. The molecular formula is C19H26N2O6. The third-order valence-corrected chi connectivity index (χ3v) is 4.87. The highest BCUT2D eigenvalue weighted by Gasteiger charge is 2.45. The van der Waals surface area contributed by atoms with E-state index >= 15 is 0 Å². The molecule has 0 bridgehead atoms. The molecule has 1 aliphatic carbocycles. The second kappa shape index (κ2) is 8.85. The van der Waals surface area contributed by atoms with Crippen LogP contribution < -0.4 is 10.6 Å². The number of aliphatic hydroxyl groups excluding tert-OH is 1. The molecule has 2 amide bonds. The maximum Gasteiger partial charge on any atom is 0.408 e. The number of benzene rings is 1. The third-order valence-electron chi connectivity index (χ3n) is 4.87. The van der Waals surface area contributed by atoms with Crippen LogP contribution in [0, 0.1) is 0 Å². The summed E-state index contributed by atoms with van der Waals surface area (Å²) in [6.45, 7) is 0.522. The Kier molecular flexibility index (Phi) is 6.79. The molecule has 0 radical (unpaired) electrons. The van der Waals surface area contributed by atoms with Crippen molar-refractivity contribution >= 4 is 18.0 Å². The Morgan fingerprint density at radius 3 is 2.33 bits per heavy atom. The Hall–Kier alpha value is -2.61. The van der Waals surface area contributed by atoms with Crippen molar-refractivity contribution in [3.63, 3.8) is 0 Å². The van der Waals surface area contributed by atoms with Crippen LogP contribution in [0.15, 0.2) is 30.3 Å². The number of hydrogen-bond acceptors (Lipinski definition) is 5. The van der Waals surface area contributed by atoms with Gasteiger partial charge in [-0.3, -0.25) is 4.79 Å². The minimum atomic E-state index is -1.82. The molecule has 1 atom stereocenters. The van der Waals surface area contributed by atoms with Gasteiger partial charge >= 0.3 is 12.1 Å². The molecule has 0 heterocycles. The van der Waals surface area contributed by atoms with Crippen LogP contribution in [0.25, 0.3) is 0 Å². The Balaban J connectivity index is 2.07. The summed E-state index contributed by atoms with van der Waals surface area (Å²) in [5, 5.41) is 23.7. The van der Waals surface area contributed by atoms with Crippen molar-refractivity contribution in [1.29, 1.82) is 0 Å². The molecule has 1 unspecified atom stereocenters. The lowest BCUT2D eigenvalue weighted by Crippen LogP contribution is -2.66. The number of rotatable bonds is 7. The maximum absolute atomic E-state index is 12.9. The van der Waals surface area contributed by atoms with Crippen molar-refractivity contribution in [2.45, 2.75) is 56.7 Å². The van der Waals surface area contributed by atoms with E-state index in [1.165, 1.54) is 6.92 Å². The number of nitrogens with one attached hydrogen (secondary N) is 2. The molecule has 1 aromatic rings. The number of alkyl carbamates (subject to hydrolysis) is 1. The average Bonchev–Trinajstić information content (AvgIpc) is 2.67. The first-order valence-electron chi connectivity index (χ1n) is 8.97. The van der Waals surface area contributed by atoms with E-state index in [2.05, 4.69) is 10.6 Å². The zero-order valence-corrected chi connectivity index (χ0v) is 15.4. The molecule has 0 aromatic heterocycles. The minimum absolute atomic E-state index is 0.0633. The Morgan fingerprint density at radius 1 is 1.15 bits per heavy atom. The van der Waals surface area contributed by atoms with E-state index in [1.807, 2.05) is 30.3 Å². The van der Waals surface area contributed by atoms with E-state index in [-0.39, 0.29) is 6.61 Å². The molecule has 0 spiro atoms. The van der Waals surface area contributed by atoms with E-state index in [4.69, 9.17) is 4.74 Å². The summed E-state index contributed by atoms with van der Waals surface area (Å²) in [4.78, 5) is 36.5. The van der Waals surface area contributed by atoms with Gasteiger partial charge in [-0.15, -0.1) is 0 Å². The molecule has 1 aromatic carbocycles. The zero-order chi connectivity index (χ0) is 19.9. The summed E-state index contributed by atoms with van der Waals surface area (Å²) in [6, 6.07) is 9.14. The Morgan fingerprint density at radius 2 is 1.78 bits per heavy atom. The van der Waals surface area contributed by atoms with Crippen molar-refractivity contribution in [3.8, 4) is 0 Å². The number of carbonyl (C=O) groups is 3. The highest BCUT2D eigenvalue weighted by atomic mass is 16.5. The fraction of sp³-hybridized carbons (Fsp3) is 0.526. The van der Waals surface area contributed by atoms with Crippen LogP contribution in [0.2, 0.25) is 0 Å². The molecule has 1 aliphatic rings. The van der Waals surface area contributed by atoms with Gasteiger partial charge in [0, 0.05) is 0 Å². The number of aliphatic hydroxyl groups is 1. The quantitative estimate of drug-likeness (QED) is 0.571. The van der Waals surface area contributed by atoms with E-state index in [0.717, 1.165) is 24.8 Å². The van der Waals surface area contributed by atoms with Crippen LogP contribution in [0.1, 0.15) is 44.6 Å². The summed E-state index contributed by atoms with van der Waals surface area (Å²) in [6.07, 6.45) is 2.37. The molecular weight excluding hydrogens is 352 g/mol. The first kappa shape index (κ1) is 20.7. The summed E-state index contributed by atoms with van der Waals surface area (Å²) < 4.78 is 5.21. The van der Waals surface area contributed by atoms with Gasteiger partial charge in [-0.05, 0) is 25.3 Å². The summed E-state index contributed by atoms with van der Waals surface area (Å²) in [7, 11) is 0. The van der Waals surface area contributed by atoms with Crippen molar-refractivity contribution in [3.05, 3.63) is 35.9 Å². The van der Waals surface area contributed by atoms with E-state index in [1.54, 1.807) is 0 Å². The van der Waals surface area contributed by atoms with Gasteiger partial charge in [-0.1, -0.05) is 49.6 Å². The van der Waals surface area contributed by atoms with E-state index in [9.17, 15) is 24.6 Å². The summed E-state index contributed by atoms with van der Waals surface area (Å²) >= 11 is 0. The van der Waals surface area contributed by atoms with Gasteiger partial charge < -0.3 is 25.6 Å². The number of ether oxygens (including phenoxy) is 1. The van der Waals surface area contributed by atoms with Crippen LogP contribution in [-0.4, -0.2) is 45.9 Å². The van der Waals surface area contributed by atoms with Gasteiger partial charge in [0.05, 0.1) is 6.61 Å². The smallest absolute Gasteiger partial charge is 0.408 e. The largest absolute Gasteiger partial charge is 0.479 e. The van der Waals surface area contributed by atoms with Gasteiger partial charge in [0.1, 0.15) is 12.1 Å². The van der Waals surface area contributed by atoms with Gasteiger partial charge in [-0.25, -0.2) is 9.59 Å². The maximum atomic E-state index is 12.9. The number of carbonyl (C=O) groups excluding carboxylic acids is 2. The van der Waals surface area contributed by atoms with Crippen molar-refractivity contribution in [1.82, 2.24) is 10.6 Å². The highest BCUT2D eigenvalue weighted by molar-refractivity contribution is 5.94. The number of carboxylic acid groups (broad SMARTS) is 1. The molecule has 1 saturated carbocycles. The fourth-order valence-corrected chi connectivity index (χ4v) is 3.05. The molecule has 0 aliphatic heterocycles. The van der Waals surface area contributed by atoms with Crippen molar-refractivity contribution in [2.24, 2.45) is 0 Å². The second-order valence-corrected chi connectivity index (χ2v) is 7.08. The molecule has 8 heteroatoms. The van der Waals surface area contributed by atoms with Crippen LogP contribution >= 0.6 is 0 Å². The summed E-state index contributed by atoms with van der Waals surface area (Å²) in [5.41, 5.74) is -2.26.